The van der Waals surface area contributed by atoms with Crippen molar-refractivity contribution in [1.29, 1.82) is 0 Å². The number of aliphatic hydroxyl groups is 1. The minimum atomic E-state index is 0.210. The van der Waals surface area contributed by atoms with Crippen molar-refractivity contribution >= 4 is 38.9 Å². The summed E-state index contributed by atoms with van der Waals surface area (Å²) < 4.78 is 0. The van der Waals surface area contributed by atoms with Gasteiger partial charge in [0.2, 0.25) is 0 Å². The topological polar surface area (TPSA) is 20.2 Å². The van der Waals surface area contributed by atoms with E-state index < -0.39 is 0 Å². The predicted octanol–water partition coefficient (Wildman–Crippen LogP) is 11.1. The molecule has 0 spiro atoms. The zero-order valence-electron chi connectivity index (χ0n) is 21.8. The van der Waals surface area contributed by atoms with Crippen LogP contribution in [-0.4, -0.2) is 5.11 Å². The Labute approximate surface area is 238 Å². The Kier molecular flexibility index (Phi) is 6.11. The summed E-state index contributed by atoms with van der Waals surface area (Å²) in [6.07, 6.45) is 3.47. The Hall–Kier alpha value is -4.79. The van der Waals surface area contributed by atoms with Crippen molar-refractivity contribution in [1.82, 2.24) is 0 Å². The average molecular weight is 531 g/mol. The number of hydrogen-bond acceptors (Lipinski definition) is 2. The molecule has 1 aliphatic rings. The lowest BCUT2D eigenvalue weighted by molar-refractivity contribution is 0.433. The van der Waals surface area contributed by atoms with Gasteiger partial charge in [-0.25, -0.2) is 0 Å². The zero-order chi connectivity index (χ0) is 27.1. The summed E-state index contributed by atoms with van der Waals surface area (Å²) in [5, 5.41) is 17.1. The Morgan fingerprint density at radius 3 is 1.80 bits per heavy atom. The number of aliphatic hydroxyl groups excluding tert-OH is 1. The van der Waals surface area contributed by atoms with Crippen molar-refractivity contribution in [2.75, 3.05) is 0 Å². The van der Waals surface area contributed by atoms with Crippen LogP contribution in [0.3, 0.4) is 0 Å². The second kappa shape index (κ2) is 10.1. The van der Waals surface area contributed by atoms with Crippen molar-refractivity contribution in [3.05, 3.63) is 157 Å². The van der Waals surface area contributed by atoms with E-state index in [9.17, 15) is 5.11 Å². The lowest BCUT2D eigenvalue weighted by atomic mass is 9.83. The number of rotatable bonds is 3. The van der Waals surface area contributed by atoms with Gasteiger partial charge in [-0.3, -0.25) is 0 Å². The van der Waals surface area contributed by atoms with Crippen LogP contribution in [0.15, 0.2) is 156 Å². The van der Waals surface area contributed by atoms with Crippen molar-refractivity contribution in [2.45, 2.75) is 4.90 Å². The summed E-state index contributed by atoms with van der Waals surface area (Å²) in [5.41, 5.74) is 9.00. The minimum Gasteiger partial charge on any atom is -0.508 e. The van der Waals surface area contributed by atoms with Crippen LogP contribution >= 0.6 is 11.8 Å². The molecule has 0 radical (unpaired) electrons. The van der Waals surface area contributed by atoms with Crippen molar-refractivity contribution in [3.8, 4) is 33.4 Å². The van der Waals surface area contributed by atoms with Gasteiger partial charge in [0, 0.05) is 10.5 Å². The Bertz CT molecular complexity index is 1940. The first-order valence-corrected chi connectivity index (χ1v) is 14.2. The summed E-state index contributed by atoms with van der Waals surface area (Å²) in [6, 6.07) is 43.3. The molecule has 0 saturated heterocycles. The number of fused-ring (bicyclic) bond motifs is 3. The van der Waals surface area contributed by atoms with Gasteiger partial charge in [-0.2, -0.15) is 0 Å². The summed E-state index contributed by atoms with van der Waals surface area (Å²) in [4.78, 5) is 1.12. The Balaban J connectivity index is 1.56. The van der Waals surface area contributed by atoms with Crippen LogP contribution < -0.4 is 0 Å². The van der Waals surface area contributed by atoms with Crippen LogP contribution in [0.25, 0.3) is 60.5 Å². The summed E-state index contributed by atoms with van der Waals surface area (Å²) in [6.45, 7) is 4.37. The highest BCUT2D eigenvalue weighted by Gasteiger charge is 2.21. The number of hydrogen-bond donors (Lipinski definition) is 1. The lowest BCUT2D eigenvalue weighted by Gasteiger charge is -2.21. The van der Waals surface area contributed by atoms with E-state index in [1.54, 1.807) is 23.9 Å². The largest absolute Gasteiger partial charge is 0.508 e. The number of thioether (sulfide) groups is 1. The summed E-state index contributed by atoms with van der Waals surface area (Å²) in [7, 11) is 0. The first kappa shape index (κ1) is 24.3. The molecule has 40 heavy (non-hydrogen) atoms. The van der Waals surface area contributed by atoms with Gasteiger partial charge in [-0.05, 0) is 90.2 Å². The maximum absolute atomic E-state index is 10.4. The van der Waals surface area contributed by atoms with E-state index in [1.807, 2.05) is 5.41 Å². The standard InChI is InChI=1S/C38H26OS/c1-25-23-29(39)21-22-40-35-20-10-19-34(36(25)35)38-32-17-7-5-15-30(32)37(31-16-6-8-18-33(31)38)28-14-9-13-27(24-28)26-11-3-2-4-12-26/h2-24,39H,1H2/b22-21-,29-23+. The quantitative estimate of drug-likeness (QED) is 0.230. The third-order valence-corrected chi connectivity index (χ3v) is 8.43. The van der Waals surface area contributed by atoms with Crippen LogP contribution in [0, 0.1) is 0 Å². The van der Waals surface area contributed by atoms with Crippen LogP contribution in [-0.2, 0) is 0 Å². The maximum Gasteiger partial charge on any atom is 0.116 e. The van der Waals surface area contributed by atoms with Crippen LogP contribution in [0.1, 0.15) is 5.56 Å². The zero-order valence-corrected chi connectivity index (χ0v) is 22.7. The molecule has 0 fully saturated rings. The molecule has 0 bridgehead atoms. The highest BCUT2D eigenvalue weighted by Crippen LogP contribution is 2.47. The monoisotopic (exact) mass is 530 g/mol. The molecule has 1 nitrogen and oxygen atoms in total. The van der Waals surface area contributed by atoms with E-state index in [2.05, 4.69) is 128 Å². The van der Waals surface area contributed by atoms with Crippen LogP contribution in [0.5, 0.6) is 0 Å². The molecule has 2 heteroatoms. The maximum atomic E-state index is 10.4. The molecule has 0 saturated carbocycles. The van der Waals surface area contributed by atoms with Gasteiger partial charge >= 0.3 is 0 Å². The van der Waals surface area contributed by atoms with Gasteiger partial charge in [-0.15, -0.1) is 0 Å². The average Bonchev–Trinajstić information content (AvgIpc) is 2.99. The summed E-state index contributed by atoms with van der Waals surface area (Å²) >= 11 is 1.61. The van der Waals surface area contributed by atoms with Gasteiger partial charge < -0.3 is 5.11 Å². The van der Waals surface area contributed by atoms with E-state index in [0.29, 0.717) is 0 Å². The first-order valence-electron chi connectivity index (χ1n) is 13.3. The molecular weight excluding hydrogens is 504 g/mol. The summed E-state index contributed by atoms with van der Waals surface area (Å²) in [5.74, 6) is 0.210. The fourth-order valence-corrected chi connectivity index (χ4v) is 6.73. The molecule has 0 aromatic heterocycles. The SMILES string of the molecule is C=C1/C=C(O)\C=C/Sc2cccc(-c3c4ccccc4c(-c4cccc(-c5ccccc5)c4)c4ccccc34)c21. The molecular formula is C38H26OS. The molecule has 1 aliphatic heterocycles. The van der Waals surface area contributed by atoms with Crippen molar-refractivity contribution in [3.63, 3.8) is 0 Å². The smallest absolute Gasteiger partial charge is 0.116 e. The second-order valence-electron chi connectivity index (χ2n) is 9.98. The number of benzene rings is 6. The van der Waals surface area contributed by atoms with E-state index >= 15 is 0 Å². The predicted molar refractivity (Wildman–Crippen MR) is 173 cm³/mol. The highest BCUT2D eigenvalue weighted by atomic mass is 32.2. The van der Waals surface area contributed by atoms with Gasteiger partial charge in [0.1, 0.15) is 5.76 Å². The van der Waals surface area contributed by atoms with E-state index in [-0.39, 0.29) is 5.76 Å². The van der Waals surface area contributed by atoms with Crippen molar-refractivity contribution in [2.24, 2.45) is 0 Å². The normalized spacial score (nSPS) is 15.2. The van der Waals surface area contributed by atoms with Gasteiger partial charge in [0.25, 0.3) is 0 Å². The molecule has 7 rings (SSSR count). The van der Waals surface area contributed by atoms with E-state index in [4.69, 9.17) is 0 Å². The fraction of sp³-hybridized carbons (Fsp3) is 0. The molecule has 0 unspecified atom stereocenters. The van der Waals surface area contributed by atoms with Gasteiger partial charge in [0.05, 0.1) is 0 Å². The minimum absolute atomic E-state index is 0.210. The molecule has 6 aromatic rings. The van der Waals surface area contributed by atoms with Crippen molar-refractivity contribution < 1.29 is 5.11 Å². The molecule has 0 atom stereocenters. The lowest BCUT2D eigenvalue weighted by Crippen LogP contribution is -1.96. The van der Waals surface area contributed by atoms with Crippen LogP contribution in [0.2, 0.25) is 0 Å². The molecule has 0 aliphatic carbocycles. The second-order valence-corrected chi connectivity index (χ2v) is 10.9. The first-order chi connectivity index (χ1) is 19.7. The fourth-order valence-electron chi connectivity index (χ4n) is 5.86. The number of allylic oxidation sites excluding steroid dienone is 3. The third-order valence-electron chi connectivity index (χ3n) is 7.56. The molecule has 6 aromatic carbocycles. The van der Waals surface area contributed by atoms with Gasteiger partial charge in [-0.1, -0.05) is 128 Å². The Morgan fingerprint density at radius 2 is 1.10 bits per heavy atom. The van der Waals surface area contributed by atoms with E-state index in [0.717, 1.165) is 21.6 Å². The van der Waals surface area contributed by atoms with Crippen LogP contribution in [0.4, 0.5) is 0 Å². The molecule has 1 N–H and O–H groups in total. The Morgan fingerprint density at radius 1 is 0.525 bits per heavy atom. The molecule has 0 amide bonds. The van der Waals surface area contributed by atoms with E-state index in [1.165, 1.54) is 49.4 Å². The van der Waals surface area contributed by atoms with Gasteiger partial charge in [0.15, 0.2) is 0 Å². The molecule has 190 valence electrons. The highest BCUT2D eigenvalue weighted by molar-refractivity contribution is 8.02. The molecule has 1 heterocycles. The third kappa shape index (κ3) is 4.14.